The zero-order valence-corrected chi connectivity index (χ0v) is 8.31. The normalized spacial score (nSPS) is 11.1. The van der Waals surface area contributed by atoms with Gasteiger partial charge in [0.15, 0.2) is 0 Å². The van der Waals surface area contributed by atoms with Gasteiger partial charge in [0, 0.05) is 5.54 Å². The molecule has 1 rings (SSSR count). The molecule has 0 saturated carbocycles. The van der Waals surface area contributed by atoms with Gasteiger partial charge in [-0.2, -0.15) is 5.21 Å². The van der Waals surface area contributed by atoms with Crippen LogP contribution in [0.3, 0.4) is 0 Å². The van der Waals surface area contributed by atoms with Gasteiger partial charge < -0.3 is 10.4 Å². The van der Waals surface area contributed by atoms with Crippen molar-refractivity contribution in [3.05, 3.63) is 5.82 Å². The summed E-state index contributed by atoms with van der Waals surface area (Å²) in [5.41, 5.74) is -0.858. The Bertz CT molecular complexity index is 359. The summed E-state index contributed by atoms with van der Waals surface area (Å²) < 4.78 is 0. The van der Waals surface area contributed by atoms with Crippen LogP contribution in [0.2, 0.25) is 0 Å². The number of nitrogens with zero attached hydrogens (tertiary/aromatic N) is 3. The Morgan fingerprint density at radius 1 is 1.53 bits per heavy atom. The molecule has 0 unspecified atom stereocenters. The molecule has 8 heteroatoms. The number of H-pyrrole nitrogens is 1. The number of carbonyl (C=O) groups is 2. The molecule has 1 heterocycles. The number of carboxylic acid groups (broad SMARTS) is 1. The highest BCUT2D eigenvalue weighted by Gasteiger charge is 2.25. The molecule has 0 aliphatic rings. The summed E-state index contributed by atoms with van der Waals surface area (Å²) >= 11 is 0. The third-order valence-electron chi connectivity index (χ3n) is 1.59. The molecule has 0 aromatic carbocycles. The van der Waals surface area contributed by atoms with Gasteiger partial charge in [0.2, 0.25) is 0 Å². The van der Waals surface area contributed by atoms with Crippen LogP contribution >= 0.6 is 0 Å². The molecule has 0 aliphatic heterocycles. The molecule has 3 N–H and O–H groups in total. The largest absolute Gasteiger partial charge is 0.481 e. The predicted octanol–water partition coefficient (Wildman–Crippen LogP) is -0.817. The van der Waals surface area contributed by atoms with E-state index in [0.29, 0.717) is 0 Å². The second-order valence-electron chi connectivity index (χ2n) is 3.64. The van der Waals surface area contributed by atoms with Gasteiger partial charge in [-0.1, -0.05) is 0 Å². The summed E-state index contributed by atoms with van der Waals surface area (Å²) in [4.78, 5) is 21.9. The molecular formula is C7H11N5O3. The topological polar surface area (TPSA) is 121 Å². The quantitative estimate of drug-likeness (QED) is 0.601. The van der Waals surface area contributed by atoms with Gasteiger partial charge in [0.05, 0.1) is 6.42 Å². The van der Waals surface area contributed by atoms with Gasteiger partial charge in [0.1, 0.15) is 0 Å². The lowest BCUT2D eigenvalue weighted by molar-refractivity contribution is -0.138. The van der Waals surface area contributed by atoms with E-state index in [1.165, 1.54) is 0 Å². The number of carbonyl (C=O) groups excluding carboxylic acids is 1. The first-order chi connectivity index (χ1) is 6.91. The summed E-state index contributed by atoms with van der Waals surface area (Å²) in [6.07, 6.45) is -0.184. The predicted molar refractivity (Wildman–Crippen MR) is 48.0 cm³/mol. The highest BCUT2D eigenvalue weighted by molar-refractivity contribution is 5.90. The molecular weight excluding hydrogens is 202 g/mol. The van der Waals surface area contributed by atoms with Crippen LogP contribution in [0, 0.1) is 0 Å². The van der Waals surface area contributed by atoms with Crippen LogP contribution in [-0.4, -0.2) is 43.1 Å². The number of amides is 1. The number of aromatic nitrogens is 4. The van der Waals surface area contributed by atoms with Crippen LogP contribution in [0.4, 0.5) is 0 Å². The summed E-state index contributed by atoms with van der Waals surface area (Å²) in [6.45, 7) is 3.19. The zero-order valence-electron chi connectivity index (χ0n) is 8.31. The number of aliphatic carboxylic acids is 1. The number of tetrazole rings is 1. The average molecular weight is 213 g/mol. The minimum absolute atomic E-state index is 0.117. The maximum atomic E-state index is 11.4. The van der Waals surface area contributed by atoms with Crippen molar-refractivity contribution >= 4 is 11.9 Å². The Balaban J connectivity index is 2.61. The molecule has 0 bridgehead atoms. The van der Waals surface area contributed by atoms with Crippen LogP contribution in [0.1, 0.15) is 30.9 Å². The maximum absolute atomic E-state index is 11.4. The number of hydrogen-bond donors (Lipinski definition) is 3. The molecule has 1 aromatic rings. The van der Waals surface area contributed by atoms with E-state index in [4.69, 9.17) is 5.11 Å². The van der Waals surface area contributed by atoms with Crippen molar-refractivity contribution in [1.29, 1.82) is 0 Å². The van der Waals surface area contributed by atoms with E-state index >= 15 is 0 Å². The highest BCUT2D eigenvalue weighted by atomic mass is 16.4. The van der Waals surface area contributed by atoms with Crippen molar-refractivity contribution in [2.45, 2.75) is 25.8 Å². The third-order valence-corrected chi connectivity index (χ3v) is 1.59. The van der Waals surface area contributed by atoms with Gasteiger partial charge in [-0.25, -0.2) is 0 Å². The summed E-state index contributed by atoms with van der Waals surface area (Å²) in [5.74, 6) is -1.67. The van der Waals surface area contributed by atoms with Gasteiger partial charge >= 0.3 is 5.97 Å². The Hall–Kier alpha value is -1.99. The second kappa shape index (κ2) is 4.03. The fourth-order valence-electron chi connectivity index (χ4n) is 1.04. The molecule has 0 spiro atoms. The minimum Gasteiger partial charge on any atom is -0.481 e. The van der Waals surface area contributed by atoms with Crippen molar-refractivity contribution in [3.63, 3.8) is 0 Å². The first kappa shape index (κ1) is 11.1. The fourth-order valence-corrected chi connectivity index (χ4v) is 1.04. The molecule has 0 atom stereocenters. The highest BCUT2D eigenvalue weighted by Crippen LogP contribution is 2.08. The Morgan fingerprint density at radius 3 is 2.67 bits per heavy atom. The number of nitrogens with one attached hydrogen (secondary N) is 2. The van der Waals surface area contributed by atoms with E-state index in [0.717, 1.165) is 0 Å². The van der Waals surface area contributed by atoms with Crippen LogP contribution in [0.5, 0.6) is 0 Å². The van der Waals surface area contributed by atoms with E-state index in [-0.39, 0.29) is 12.2 Å². The van der Waals surface area contributed by atoms with E-state index < -0.39 is 17.4 Å². The van der Waals surface area contributed by atoms with E-state index in [9.17, 15) is 9.59 Å². The van der Waals surface area contributed by atoms with E-state index in [1.807, 2.05) is 0 Å². The van der Waals surface area contributed by atoms with Crippen LogP contribution < -0.4 is 5.32 Å². The summed E-state index contributed by atoms with van der Waals surface area (Å²) in [5, 5.41) is 23.4. The smallest absolute Gasteiger partial charge is 0.305 e. The molecule has 0 radical (unpaired) electrons. The first-order valence-electron chi connectivity index (χ1n) is 4.18. The fraction of sp³-hybridized carbons (Fsp3) is 0.571. The second-order valence-corrected chi connectivity index (χ2v) is 3.64. The Labute approximate surface area is 85.1 Å². The van der Waals surface area contributed by atoms with Crippen molar-refractivity contribution in [3.8, 4) is 0 Å². The standard InChI is InChI=1S/C7H11N5O3/c1-7(2,3-4(13)14)8-6(15)5-9-11-12-10-5/h3H2,1-2H3,(H,8,15)(H,13,14)(H,9,10,11,12). The number of rotatable bonds is 4. The SMILES string of the molecule is CC(C)(CC(=O)O)NC(=O)c1nn[nH]n1. The lowest BCUT2D eigenvalue weighted by Crippen LogP contribution is -2.45. The molecule has 0 fully saturated rings. The maximum Gasteiger partial charge on any atom is 0.305 e. The zero-order chi connectivity index (χ0) is 11.5. The van der Waals surface area contributed by atoms with Crippen molar-refractivity contribution in [2.75, 3.05) is 0 Å². The number of hydrogen-bond acceptors (Lipinski definition) is 5. The van der Waals surface area contributed by atoms with E-state index in [1.54, 1.807) is 13.8 Å². The van der Waals surface area contributed by atoms with Gasteiger partial charge in [-0.05, 0) is 19.1 Å². The van der Waals surface area contributed by atoms with Crippen LogP contribution in [0.25, 0.3) is 0 Å². The van der Waals surface area contributed by atoms with E-state index in [2.05, 4.69) is 25.9 Å². The van der Waals surface area contributed by atoms with Crippen molar-refractivity contribution in [1.82, 2.24) is 25.9 Å². The molecule has 1 amide bonds. The van der Waals surface area contributed by atoms with Crippen LogP contribution in [-0.2, 0) is 4.79 Å². The lowest BCUT2D eigenvalue weighted by Gasteiger charge is -2.23. The van der Waals surface area contributed by atoms with Gasteiger partial charge in [-0.3, -0.25) is 9.59 Å². The Morgan fingerprint density at radius 2 is 2.20 bits per heavy atom. The average Bonchev–Trinajstić information content (AvgIpc) is 2.50. The monoisotopic (exact) mass is 213 g/mol. The summed E-state index contributed by atoms with van der Waals surface area (Å²) in [7, 11) is 0. The van der Waals surface area contributed by atoms with Crippen molar-refractivity contribution in [2.24, 2.45) is 0 Å². The van der Waals surface area contributed by atoms with Crippen molar-refractivity contribution < 1.29 is 14.7 Å². The Kier molecular flexibility index (Phi) is 2.98. The van der Waals surface area contributed by atoms with Gasteiger partial charge in [0.25, 0.3) is 11.7 Å². The molecule has 0 saturated heterocycles. The molecule has 0 aliphatic carbocycles. The third kappa shape index (κ3) is 3.33. The minimum atomic E-state index is -0.992. The molecule has 8 nitrogen and oxygen atoms in total. The van der Waals surface area contributed by atoms with Gasteiger partial charge in [-0.15, -0.1) is 10.2 Å². The molecule has 15 heavy (non-hydrogen) atoms. The molecule has 82 valence electrons. The first-order valence-corrected chi connectivity index (χ1v) is 4.18. The molecule has 1 aromatic heterocycles. The number of carboxylic acids is 1. The summed E-state index contributed by atoms with van der Waals surface area (Å²) in [6, 6.07) is 0. The van der Waals surface area contributed by atoms with Crippen LogP contribution in [0.15, 0.2) is 0 Å². The lowest BCUT2D eigenvalue weighted by atomic mass is 10.0. The number of aromatic amines is 1.